The van der Waals surface area contributed by atoms with E-state index in [1.54, 1.807) is 16.8 Å². The van der Waals surface area contributed by atoms with E-state index in [4.69, 9.17) is 4.74 Å². The molecule has 2 saturated carbocycles. The van der Waals surface area contributed by atoms with Crippen LogP contribution in [0, 0.1) is 11.2 Å². The van der Waals surface area contributed by atoms with Crippen molar-refractivity contribution < 1.29 is 23.8 Å². The molecular formula is C26H34FN5O4. The Morgan fingerprint density at radius 3 is 2.61 bits per heavy atom. The number of halogens is 1. The summed E-state index contributed by atoms with van der Waals surface area (Å²) >= 11 is 0. The standard InChI is InChI=1S/C26H34FN5O4/c1-25(2,3)22(32-14-18(29-30-32)15-8-9-15)24(35)31-13-16(33)12-19(31)23(34)28-26(10-11-26)17-6-5-7-20(36-4)21(17)27/h5-7,14-16,19,22,33H,8-13H2,1-4H3,(H,28,34)/t16-,19+,22-/m1/s1. The van der Waals surface area contributed by atoms with Gasteiger partial charge in [-0.15, -0.1) is 5.10 Å². The van der Waals surface area contributed by atoms with Crippen LogP contribution in [0.1, 0.15) is 76.1 Å². The fourth-order valence-corrected chi connectivity index (χ4v) is 5.27. The van der Waals surface area contributed by atoms with E-state index in [9.17, 15) is 19.1 Å². The topological polar surface area (TPSA) is 110 Å². The maximum Gasteiger partial charge on any atom is 0.248 e. The molecule has 10 heteroatoms. The number of β-amino-alcohol motifs (C(OH)–C–C–N with tert-alkyl or cyclic N) is 1. The number of carbonyl (C=O) groups excluding carboxylic acids is 2. The number of aromatic nitrogens is 3. The molecule has 0 bridgehead atoms. The van der Waals surface area contributed by atoms with E-state index in [2.05, 4.69) is 15.6 Å². The minimum Gasteiger partial charge on any atom is -0.494 e. The molecule has 36 heavy (non-hydrogen) atoms. The molecule has 2 aliphatic carbocycles. The Bertz CT molecular complexity index is 1170. The molecule has 1 aromatic heterocycles. The second-order valence-corrected chi connectivity index (χ2v) is 11.5. The van der Waals surface area contributed by atoms with Gasteiger partial charge in [-0.2, -0.15) is 0 Å². The summed E-state index contributed by atoms with van der Waals surface area (Å²) in [5, 5.41) is 22.0. The number of aliphatic hydroxyl groups excluding tert-OH is 1. The van der Waals surface area contributed by atoms with Gasteiger partial charge in [-0.25, -0.2) is 9.07 Å². The van der Waals surface area contributed by atoms with E-state index < -0.39 is 40.9 Å². The van der Waals surface area contributed by atoms with Crippen LogP contribution in [-0.2, 0) is 15.1 Å². The highest BCUT2D eigenvalue weighted by molar-refractivity contribution is 5.91. The van der Waals surface area contributed by atoms with Crippen molar-refractivity contribution in [1.82, 2.24) is 25.2 Å². The average Bonchev–Trinajstić information content (AvgIpc) is 3.72. The van der Waals surface area contributed by atoms with Crippen LogP contribution in [0.2, 0.25) is 0 Å². The number of benzene rings is 1. The summed E-state index contributed by atoms with van der Waals surface area (Å²) in [5.41, 5.74) is -0.105. The lowest BCUT2D eigenvalue weighted by Gasteiger charge is -2.35. The monoisotopic (exact) mass is 499 g/mol. The molecule has 0 spiro atoms. The molecule has 3 atom stereocenters. The number of ether oxygens (including phenoxy) is 1. The lowest BCUT2D eigenvalue weighted by Crippen LogP contribution is -2.52. The average molecular weight is 500 g/mol. The lowest BCUT2D eigenvalue weighted by molar-refractivity contribution is -0.144. The number of likely N-dealkylation sites (tertiary alicyclic amines) is 1. The molecule has 2 N–H and O–H groups in total. The Kier molecular flexibility index (Phi) is 6.05. The van der Waals surface area contributed by atoms with E-state index in [0.717, 1.165) is 18.5 Å². The summed E-state index contributed by atoms with van der Waals surface area (Å²) in [6.45, 7) is 5.88. The van der Waals surface area contributed by atoms with Gasteiger partial charge >= 0.3 is 0 Å². The summed E-state index contributed by atoms with van der Waals surface area (Å²) < 4.78 is 21.7. The molecule has 1 aliphatic heterocycles. The van der Waals surface area contributed by atoms with Crippen molar-refractivity contribution in [2.24, 2.45) is 5.41 Å². The van der Waals surface area contributed by atoms with Gasteiger partial charge in [0.15, 0.2) is 11.6 Å². The van der Waals surface area contributed by atoms with E-state index in [1.165, 1.54) is 18.1 Å². The van der Waals surface area contributed by atoms with Crippen LogP contribution in [0.5, 0.6) is 5.75 Å². The number of hydrogen-bond donors (Lipinski definition) is 2. The van der Waals surface area contributed by atoms with E-state index in [-0.39, 0.29) is 24.6 Å². The molecule has 3 aliphatic rings. The van der Waals surface area contributed by atoms with Crippen LogP contribution in [0.15, 0.2) is 24.4 Å². The number of rotatable bonds is 7. The lowest BCUT2D eigenvalue weighted by atomic mass is 9.85. The van der Waals surface area contributed by atoms with Crippen molar-refractivity contribution >= 4 is 11.8 Å². The fourth-order valence-electron chi connectivity index (χ4n) is 5.27. The van der Waals surface area contributed by atoms with Gasteiger partial charge in [0, 0.05) is 30.6 Å². The molecule has 9 nitrogen and oxygen atoms in total. The zero-order valence-corrected chi connectivity index (χ0v) is 21.2. The summed E-state index contributed by atoms with van der Waals surface area (Å²) in [4.78, 5) is 28.9. The first-order valence-corrected chi connectivity index (χ1v) is 12.6. The van der Waals surface area contributed by atoms with Gasteiger partial charge in [0.05, 0.1) is 24.4 Å². The normalized spacial score (nSPS) is 23.9. The van der Waals surface area contributed by atoms with Gasteiger partial charge < -0.3 is 20.1 Å². The Hall–Kier alpha value is -3.01. The first-order chi connectivity index (χ1) is 17.0. The summed E-state index contributed by atoms with van der Waals surface area (Å²) in [5.74, 6) is -0.670. The van der Waals surface area contributed by atoms with Crippen molar-refractivity contribution in [2.75, 3.05) is 13.7 Å². The van der Waals surface area contributed by atoms with E-state index >= 15 is 0 Å². The highest BCUT2D eigenvalue weighted by Crippen LogP contribution is 2.48. The van der Waals surface area contributed by atoms with Gasteiger partial charge in [0.25, 0.3) is 0 Å². The molecule has 194 valence electrons. The summed E-state index contributed by atoms with van der Waals surface area (Å²) in [7, 11) is 1.40. The third-order valence-electron chi connectivity index (χ3n) is 7.52. The molecular weight excluding hydrogens is 465 g/mol. The largest absolute Gasteiger partial charge is 0.494 e. The first kappa shape index (κ1) is 24.7. The Morgan fingerprint density at radius 1 is 1.28 bits per heavy atom. The first-order valence-electron chi connectivity index (χ1n) is 12.6. The minimum absolute atomic E-state index is 0.0498. The van der Waals surface area contributed by atoms with Gasteiger partial charge in [-0.3, -0.25) is 9.59 Å². The number of nitrogens with zero attached hydrogens (tertiary/aromatic N) is 4. The fraction of sp³-hybridized carbons (Fsp3) is 0.615. The van der Waals surface area contributed by atoms with Crippen LogP contribution >= 0.6 is 0 Å². The van der Waals surface area contributed by atoms with Gasteiger partial charge in [-0.05, 0) is 37.2 Å². The summed E-state index contributed by atoms with van der Waals surface area (Å²) in [6, 6.07) is 3.32. The molecule has 2 aromatic rings. The molecule has 2 amide bonds. The Labute approximate surface area is 210 Å². The highest BCUT2D eigenvalue weighted by atomic mass is 19.1. The number of aliphatic hydroxyl groups is 1. The number of nitrogens with one attached hydrogen (secondary N) is 1. The van der Waals surface area contributed by atoms with Crippen LogP contribution < -0.4 is 10.1 Å². The molecule has 3 fully saturated rings. The molecule has 0 radical (unpaired) electrons. The quantitative estimate of drug-likeness (QED) is 0.606. The maximum atomic E-state index is 15.0. The predicted octanol–water partition coefficient (Wildman–Crippen LogP) is 2.66. The third-order valence-corrected chi connectivity index (χ3v) is 7.52. The SMILES string of the molecule is COc1cccc(C2(NC(=O)[C@@H]3C[C@@H](O)CN3C(=O)[C@@H](n3cc(C4CC4)nn3)C(C)(C)C)CC2)c1F. The molecule has 1 saturated heterocycles. The zero-order chi connectivity index (χ0) is 25.8. The minimum atomic E-state index is -0.866. The molecule has 0 unspecified atom stereocenters. The smallest absolute Gasteiger partial charge is 0.248 e. The van der Waals surface area contributed by atoms with Crippen molar-refractivity contribution in [3.05, 3.63) is 41.5 Å². The Balaban J connectivity index is 1.38. The number of amides is 2. The van der Waals surface area contributed by atoms with Crippen molar-refractivity contribution in [2.45, 2.75) is 82.5 Å². The second kappa shape index (κ2) is 8.83. The third kappa shape index (κ3) is 4.47. The van der Waals surface area contributed by atoms with Crippen molar-refractivity contribution in [1.29, 1.82) is 0 Å². The van der Waals surface area contributed by atoms with E-state index in [1.807, 2.05) is 27.0 Å². The van der Waals surface area contributed by atoms with Crippen molar-refractivity contribution in [3.8, 4) is 5.75 Å². The summed E-state index contributed by atoms with van der Waals surface area (Å²) in [6.07, 6.45) is 4.44. The van der Waals surface area contributed by atoms with Gasteiger partial charge in [0.2, 0.25) is 11.8 Å². The Morgan fingerprint density at radius 2 is 2.00 bits per heavy atom. The molecule has 5 rings (SSSR count). The molecule has 1 aromatic carbocycles. The van der Waals surface area contributed by atoms with Crippen LogP contribution in [0.25, 0.3) is 0 Å². The van der Waals surface area contributed by atoms with Crippen molar-refractivity contribution in [3.63, 3.8) is 0 Å². The van der Waals surface area contributed by atoms with E-state index in [0.29, 0.717) is 24.3 Å². The number of methoxy groups -OCH3 is 1. The predicted molar refractivity (Wildman–Crippen MR) is 129 cm³/mol. The van der Waals surface area contributed by atoms with Crippen LogP contribution in [0.3, 0.4) is 0 Å². The van der Waals surface area contributed by atoms with Crippen LogP contribution in [0.4, 0.5) is 4.39 Å². The number of hydrogen-bond acceptors (Lipinski definition) is 6. The zero-order valence-electron chi connectivity index (χ0n) is 21.2. The maximum absolute atomic E-state index is 15.0. The molecule has 2 heterocycles. The number of carbonyl (C=O) groups is 2. The van der Waals surface area contributed by atoms with Gasteiger partial charge in [-0.1, -0.05) is 38.1 Å². The second-order valence-electron chi connectivity index (χ2n) is 11.5. The van der Waals surface area contributed by atoms with Crippen LogP contribution in [-0.4, -0.2) is 62.6 Å². The highest BCUT2D eigenvalue weighted by Gasteiger charge is 2.51. The van der Waals surface area contributed by atoms with Gasteiger partial charge in [0.1, 0.15) is 12.1 Å².